The number of benzene rings is 1. The van der Waals surface area contributed by atoms with E-state index in [-0.39, 0.29) is 35.9 Å². The summed E-state index contributed by atoms with van der Waals surface area (Å²) in [6, 6.07) is 5.94. The Balaban J connectivity index is 1.57. The highest BCUT2D eigenvalue weighted by Gasteiger charge is 2.49. The van der Waals surface area contributed by atoms with E-state index in [9.17, 15) is 24.1 Å². The Bertz CT molecular complexity index is 1330. The summed E-state index contributed by atoms with van der Waals surface area (Å²) >= 11 is 0. The van der Waals surface area contributed by atoms with Crippen molar-refractivity contribution in [2.45, 2.75) is 44.8 Å². The van der Waals surface area contributed by atoms with Gasteiger partial charge in [-0.2, -0.15) is 14.4 Å². The van der Waals surface area contributed by atoms with Crippen molar-refractivity contribution in [3.8, 4) is 5.88 Å². The zero-order valence-corrected chi connectivity index (χ0v) is 20.6. The van der Waals surface area contributed by atoms with Crippen molar-refractivity contribution < 1.29 is 42.6 Å². The van der Waals surface area contributed by atoms with E-state index in [1.54, 1.807) is 12.1 Å². The molecule has 3 aromatic rings. The average Bonchev–Trinajstić information content (AvgIpc) is 3.43. The number of nitro groups is 1. The van der Waals surface area contributed by atoms with Gasteiger partial charge in [0.25, 0.3) is 5.69 Å². The first-order valence-corrected chi connectivity index (χ1v) is 11.4. The standard InChI is InChI=1S/C23H24FN5O9/c1-12(30)36-10-16-18(34-3)19(37-13(2)31)22(38-16)28-11-25-17-20(28)26-23(24)27-21(17)35-9-8-14-4-6-15(7-5-14)29(32)33/h4-7,11,16,18-19,22H,8-10H2,1-3H3/t16-,18?,19?,22-/m1/s1. The fourth-order valence-electron chi connectivity index (χ4n) is 4.07. The summed E-state index contributed by atoms with van der Waals surface area (Å²) < 4.78 is 43.4. The SMILES string of the molecule is COC1C(OC(C)=O)[C@H](n2cnc3c(OCCc4ccc([N+](=O)[O-])cc4)nc(F)nc32)O[C@@H]1COC(C)=O. The van der Waals surface area contributed by atoms with Gasteiger partial charge in [-0.25, -0.2) is 4.98 Å². The molecule has 2 unspecified atom stereocenters. The van der Waals surface area contributed by atoms with Gasteiger partial charge in [-0.3, -0.25) is 24.3 Å². The van der Waals surface area contributed by atoms with Gasteiger partial charge in [-0.15, -0.1) is 0 Å². The number of halogens is 1. The number of rotatable bonds is 10. The maximum absolute atomic E-state index is 14.4. The van der Waals surface area contributed by atoms with Crippen LogP contribution in [-0.2, 0) is 35.0 Å². The molecule has 0 saturated carbocycles. The van der Waals surface area contributed by atoms with Crippen molar-refractivity contribution in [3.05, 3.63) is 52.3 Å². The molecule has 0 radical (unpaired) electrons. The molecule has 1 aliphatic rings. The number of esters is 2. The van der Waals surface area contributed by atoms with E-state index >= 15 is 0 Å². The lowest BCUT2D eigenvalue weighted by molar-refractivity contribution is -0.384. The number of ether oxygens (including phenoxy) is 5. The van der Waals surface area contributed by atoms with Crippen LogP contribution in [0.15, 0.2) is 30.6 Å². The first-order chi connectivity index (χ1) is 18.2. The van der Waals surface area contributed by atoms with Gasteiger partial charge in [0.1, 0.15) is 18.8 Å². The summed E-state index contributed by atoms with van der Waals surface area (Å²) in [6.45, 7) is 2.36. The number of non-ortho nitro benzene ring substituents is 1. The van der Waals surface area contributed by atoms with E-state index in [0.29, 0.717) is 6.42 Å². The topological polar surface area (TPSA) is 167 Å². The van der Waals surface area contributed by atoms with Crippen LogP contribution in [0.25, 0.3) is 11.2 Å². The minimum Gasteiger partial charge on any atom is -0.476 e. The summed E-state index contributed by atoms with van der Waals surface area (Å²) in [5.41, 5.74) is 0.859. The number of fused-ring (bicyclic) bond motifs is 1. The van der Waals surface area contributed by atoms with Gasteiger partial charge in [-0.05, 0) is 5.56 Å². The molecule has 1 fully saturated rings. The second-order valence-electron chi connectivity index (χ2n) is 8.29. The maximum Gasteiger partial charge on any atom is 0.314 e. The molecule has 0 bridgehead atoms. The maximum atomic E-state index is 14.4. The van der Waals surface area contributed by atoms with Crippen LogP contribution in [0, 0.1) is 16.2 Å². The molecule has 3 heterocycles. The smallest absolute Gasteiger partial charge is 0.314 e. The van der Waals surface area contributed by atoms with Crippen molar-refractivity contribution in [1.82, 2.24) is 19.5 Å². The zero-order valence-electron chi connectivity index (χ0n) is 20.6. The van der Waals surface area contributed by atoms with Gasteiger partial charge in [0.05, 0.1) is 17.9 Å². The minimum atomic E-state index is -1.09. The molecule has 4 atom stereocenters. The van der Waals surface area contributed by atoms with Crippen molar-refractivity contribution in [2.24, 2.45) is 0 Å². The molecular weight excluding hydrogens is 509 g/mol. The number of hydrogen-bond donors (Lipinski definition) is 0. The Morgan fingerprint density at radius 3 is 2.53 bits per heavy atom. The fraction of sp³-hybridized carbons (Fsp3) is 0.435. The van der Waals surface area contributed by atoms with Crippen LogP contribution in [0.5, 0.6) is 5.88 Å². The van der Waals surface area contributed by atoms with Gasteiger partial charge in [0, 0.05) is 39.5 Å². The quantitative estimate of drug-likeness (QED) is 0.161. The van der Waals surface area contributed by atoms with Gasteiger partial charge in [0.2, 0.25) is 5.88 Å². The highest BCUT2D eigenvalue weighted by Crippen LogP contribution is 2.36. The Morgan fingerprint density at radius 2 is 1.89 bits per heavy atom. The summed E-state index contributed by atoms with van der Waals surface area (Å²) in [5.74, 6) is -1.27. The molecule has 0 N–H and O–H groups in total. The largest absolute Gasteiger partial charge is 0.476 e. The van der Waals surface area contributed by atoms with E-state index in [0.717, 1.165) is 5.56 Å². The average molecular weight is 533 g/mol. The molecule has 1 aromatic carbocycles. The molecule has 0 amide bonds. The third-order valence-electron chi connectivity index (χ3n) is 5.72. The monoisotopic (exact) mass is 533 g/mol. The molecular formula is C23H24FN5O9. The van der Waals surface area contributed by atoms with Gasteiger partial charge < -0.3 is 23.7 Å². The molecule has 1 aliphatic heterocycles. The number of imidazole rings is 1. The number of nitro benzene ring substituents is 1. The highest BCUT2D eigenvalue weighted by atomic mass is 19.1. The first kappa shape index (κ1) is 26.8. The normalized spacial score (nSPS) is 20.8. The van der Waals surface area contributed by atoms with Crippen molar-refractivity contribution in [2.75, 3.05) is 20.3 Å². The molecule has 0 aliphatic carbocycles. The summed E-state index contributed by atoms with van der Waals surface area (Å²) in [5, 5.41) is 10.8. The van der Waals surface area contributed by atoms with Gasteiger partial charge in [0.15, 0.2) is 23.5 Å². The molecule has 0 spiro atoms. The van der Waals surface area contributed by atoms with E-state index in [1.807, 2.05) is 0 Å². The molecule has 1 saturated heterocycles. The van der Waals surface area contributed by atoms with Gasteiger partial charge in [-0.1, -0.05) is 12.1 Å². The Labute approximate surface area is 214 Å². The van der Waals surface area contributed by atoms with Crippen molar-refractivity contribution in [3.63, 3.8) is 0 Å². The highest BCUT2D eigenvalue weighted by molar-refractivity contribution is 5.76. The van der Waals surface area contributed by atoms with Crippen LogP contribution in [0.3, 0.4) is 0 Å². The molecule has 14 nitrogen and oxygen atoms in total. The number of hydrogen-bond acceptors (Lipinski definition) is 12. The van der Waals surface area contributed by atoms with E-state index < -0.39 is 47.5 Å². The van der Waals surface area contributed by atoms with Crippen molar-refractivity contribution >= 4 is 28.8 Å². The Kier molecular flexibility index (Phi) is 8.07. The molecule has 15 heteroatoms. The zero-order chi connectivity index (χ0) is 27.4. The Morgan fingerprint density at radius 1 is 1.16 bits per heavy atom. The fourth-order valence-corrected chi connectivity index (χ4v) is 4.07. The summed E-state index contributed by atoms with van der Waals surface area (Å²) in [6.07, 6.45) is -3.09. The number of nitrogens with zero attached hydrogens (tertiary/aromatic N) is 5. The summed E-state index contributed by atoms with van der Waals surface area (Å²) in [7, 11) is 1.39. The van der Waals surface area contributed by atoms with Crippen LogP contribution in [0.4, 0.5) is 10.1 Å². The van der Waals surface area contributed by atoms with Crippen molar-refractivity contribution in [1.29, 1.82) is 0 Å². The number of carbonyl (C=O) groups is 2. The van der Waals surface area contributed by atoms with E-state index in [2.05, 4.69) is 15.0 Å². The lowest BCUT2D eigenvalue weighted by Gasteiger charge is -2.23. The number of carbonyl (C=O) groups excluding carboxylic acids is 2. The van der Waals surface area contributed by atoms with Crippen LogP contribution in [0.2, 0.25) is 0 Å². The predicted octanol–water partition coefficient (Wildman–Crippen LogP) is 1.90. The molecule has 202 valence electrons. The second kappa shape index (κ2) is 11.4. The van der Waals surface area contributed by atoms with E-state index in [4.69, 9.17) is 23.7 Å². The molecule has 38 heavy (non-hydrogen) atoms. The molecule has 2 aromatic heterocycles. The number of aromatic nitrogens is 4. The first-order valence-electron chi connectivity index (χ1n) is 11.4. The second-order valence-corrected chi connectivity index (χ2v) is 8.29. The molecule has 4 rings (SSSR count). The Hall–Kier alpha value is -4.24. The van der Waals surface area contributed by atoms with Crippen LogP contribution < -0.4 is 4.74 Å². The van der Waals surface area contributed by atoms with Crippen LogP contribution in [-0.4, -0.2) is 75.0 Å². The third-order valence-corrected chi connectivity index (χ3v) is 5.72. The van der Waals surface area contributed by atoms with Crippen LogP contribution in [0.1, 0.15) is 25.6 Å². The predicted molar refractivity (Wildman–Crippen MR) is 124 cm³/mol. The van der Waals surface area contributed by atoms with Crippen LogP contribution >= 0.6 is 0 Å². The van der Waals surface area contributed by atoms with Gasteiger partial charge >= 0.3 is 18.0 Å². The number of methoxy groups -OCH3 is 1. The third kappa shape index (κ3) is 5.84. The van der Waals surface area contributed by atoms with E-state index in [1.165, 1.54) is 44.0 Å². The lowest BCUT2D eigenvalue weighted by Crippen LogP contribution is -2.38. The minimum absolute atomic E-state index is 0.00739. The lowest BCUT2D eigenvalue weighted by atomic mass is 10.1. The summed E-state index contributed by atoms with van der Waals surface area (Å²) in [4.78, 5) is 45.2.